The molecule has 2 aliphatic rings. The van der Waals surface area contributed by atoms with Crippen LogP contribution in [0.2, 0.25) is 5.02 Å². The molecule has 0 saturated carbocycles. The molecule has 0 radical (unpaired) electrons. The van der Waals surface area contributed by atoms with E-state index in [-0.39, 0.29) is 24.0 Å². The molecular formula is C25H30ClN3O6S. The molecule has 1 fully saturated rings. The van der Waals surface area contributed by atoms with E-state index in [2.05, 4.69) is 0 Å². The minimum atomic E-state index is -3.92. The molecule has 1 atom stereocenters. The minimum Gasteiger partial charge on any atom is -0.465 e. The highest BCUT2D eigenvalue weighted by molar-refractivity contribution is 7.92. The standard InChI is InChI=1S/C25H30ClN3O6S/c1-2-34-24(30)17-27-13-15-28(16-14-27)25(31)35-18-21-10-7-19-5-3-4-6-23(19)29(21)36(32,33)22-11-8-20(26)9-12-22/h3-6,8-9,11-12,21H,2,7,10,13-18H2,1H3. The number of hydrogen-bond donors (Lipinski definition) is 0. The SMILES string of the molecule is CCOC(=O)CN1CCN(C(=O)OCC2CCc3ccccc3N2S(=O)(=O)c2ccc(Cl)cc2)CC1. The predicted octanol–water partition coefficient (Wildman–Crippen LogP) is 3.17. The molecule has 1 saturated heterocycles. The maximum absolute atomic E-state index is 13.7. The zero-order chi connectivity index (χ0) is 25.7. The normalized spacial score (nSPS) is 18.4. The number of rotatable bonds is 7. The molecule has 36 heavy (non-hydrogen) atoms. The summed E-state index contributed by atoms with van der Waals surface area (Å²) in [6.45, 7) is 4.11. The van der Waals surface area contributed by atoms with Crippen molar-refractivity contribution in [1.29, 1.82) is 0 Å². The summed E-state index contributed by atoms with van der Waals surface area (Å²) in [5.41, 5.74) is 1.52. The number of para-hydroxylation sites is 1. The third kappa shape index (κ3) is 5.93. The van der Waals surface area contributed by atoms with Gasteiger partial charge in [0, 0.05) is 31.2 Å². The molecule has 2 aromatic rings. The number of nitrogens with zero attached hydrogens (tertiary/aromatic N) is 3. The van der Waals surface area contributed by atoms with Crippen LogP contribution in [0.3, 0.4) is 0 Å². The van der Waals surface area contributed by atoms with Crippen LogP contribution in [0.5, 0.6) is 0 Å². The summed E-state index contributed by atoms with van der Waals surface area (Å²) in [5.74, 6) is -0.284. The van der Waals surface area contributed by atoms with E-state index >= 15 is 0 Å². The van der Waals surface area contributed by atoms with Crippen molar-refractivity contribution >= 4 is 39.4 Å². The van der Waals surface area contributed by atoms with Crippen molar-refractivity contribution in [3.05, 3.63) is 59.1 Å². The quantitative estimate of drug-likeness (QED) is 0.502. The Morgan fingerprint density at radius 3 is 2.39 bits per heavy atom. The first-order valence-corrected chi connectivity index (χ1v) is 13.8. The summed E-state index contributed by atoms with van der Waals surface area (Å²) in [4.78, 5) is 28.1. The fourth-order valence-corrected chi connectivity index (χ4v) is 6.34. The van der Waals surface area contributed by atoms with Crippen LogP contribution in [0.1, 0.15) is 18.9 Å². The van der Waals surface area contributed by atoms with Crippen LogP contribution in [0.15, 0.2) is 53.4 Å². The van der Waals surface area contributed by atoms with Crippen LogP contribution in [-0.2, 0) is 30.7 Å². The lowest BCUT2D eigenvalue weighted by Crippen LogP contribution is -2.51. The van der Waals surface area contributed by atoms with E-state index < -0.39 is 22.2 Å². The number of esters is 1. The van der Waals surface area contributed by atoms with E-state index in [1.165, 1.54) is 16.4 Å². The van der Waals surface area contributed by atoms with Gasteiger partial charge in [-0.15, -0.1) is 0 Å². The number of halogens is 1. The van der Waals surface area contributed by atoms with Crippen molar-refractivity contribution in [2.75, 3.05) is 50.2 Å². The van der Waals surface area contributed by atoms with E-state index in [1.54, 1.807) is 36.1 Å². The highest BCUT2D eigenvalue weighted by atomic mass is 35.5. The highest BCUT2D eigenvalue weighted by Gasteiger charge is 2.37. The number of hydrogen-bond acceptors (Lipinski definition) is 7. The summed E-state index contributed by atoms with van der Waals surface area (Å²) < 4.78 is 39.3. The number of benzene rings is 2. The second kappa shape index (κ2) is 11.5. The first kappa shape index (κ1) is 26.2. The van der Waals surface area contributed by atoms with Gasteiger partial charge >= 0.3 is 12.1 Å². The van der Waals surface area contributed by atoms with Gasteiger partial charge in [-0.1, -0.05) is 29.8 Å². The van der Waals surface area contributed by atoms with Crippen LogP contribution in [0.25, 0.3) is 0 Å². The zero-order valence-electron chi connectivity index (χ0n) is 20.1. The van der Waals surface area contributed by atoms with Crippen molar-refractivity contribution in [1.82, 2.24) is 9.80 Å². The lowest BCUT2D eigenvalue weighted by molar-refractivity contribution is -0.144. The number of ether oxygens (including phenoxy) is 2. The third-order valence-corrected chi connectivity index (χ3v) is 8.50. The van der Waals surface area contributed by atoms with E-state index in [0.717, 1.165) is 5.56 Å². The van der Waals surface area contributed by atoms with Gasteiger partial charge in [-0.3, -0.25) is 14.0 Å². The number of carbonyl (C=O) groups excluding carboxylic acids is 2. The summed E-state index contributed by atoms with van der Waals surface area (Å²) >= 11 is 5.97. The number of sulfonamides is 1. The number of fused-ring (bicyclic) bond motifs is 1. The Morgan fingerprint density at radius 2 is 1.69 bits per heavy atom. The van der Waals surface area contributed by atoms with Crippen LogP contribution in [0.4, 0.5) is 10.5 Å². The molecule has 9 nitrogen and oxygen atoms in total. The molecule has 11 heteroatoms. The molecule has 4 rings (SSSR count). The van der Waals surface area contributed by atoms with Gasteiger partial charge in [0.05, 0.1) is 29.8 Å². The molecule has 0 spiro atoms. The molecule has 2 aromatic carbocycles. The number of piperazine rings is 1. The fourth-order valence-electron chi connectivity index (χ4n) is 4.51. The Morgan fingerprint density at radius 1 is 1.00 bits per heavy atom. The third-order valence-electron chi connectivity index (χ3n) is 6.37. The highest BCUT2D eigenvalue weighted by Crippen LogP contribution is 2.35. The second-order valence-corrected chi connectivity index (χ2v) is 11.0. The van der Waals surface area contributed by atoms with E-state index in [1.807, 2.05) is 17.0 Å². The predicted molar refractivity (Wildman–Crippen MR) is 136 cm³/mol. The largest absolute Gasteiger partial charge is 0.465 e. The Bertz CT molecular complexity index is 1180. The summed E-state index contributed by atoms with van der Waals surface area (Å²) in [6.07, 6.45) is 0.704. The summed E-state index contributed by atoms with van der Waals surface area (Å²) in [6, 6.07) is 12.9. The lowest BCUT2D eigenvalue weighted by atomic mass is 9.98. The van der Waals surface area contributed by atoms with Gasteiger partial charge < -0.3 is 14.4 Å². The number of aryl methyl sites for hydroxylation is 1. The van der Waals surface area contributed by atoms with Gasteiger partial charge in [0.2, 0.25) is 0 Å². The topological polar surface area (TPSA) is 96.5 Å². The van der Waals surface area contributed by atoms with Crippen LogP contribution in [0, 0.1) is 0 Å². The van der Waals surface area contributed by atoms with E-state index in [9.17, 15) is 18.0 Å². The lowest BCUT2D eigenvalue weighted by Gasteiger charge is -2.38. The Kier molecular flexibility index (Phi) is 8.38. The van der Waals surface area contributed by atoms with Crippen molar-refractivity contribution in [2.24, 2.45) is 0 Å². The van der Waals surface area contributed by atoms with Gasteiger partial charge in [-0.2, -0.15) is 0 Å². The van der Waals surface area contributed by atoms with Crippen molar-refractivity contribution in [3.63, 3.8) is 0 Å². The van der Waals surface area contributed by atoms with Gasteiger partial charge in [0.25, 0.3) is 10.0 Å². The molecule has 0 bridgehead atoms. The smallest absolute Gasteiger partial charge is 0.409 e. The molecule has 0 aromatic heterocycles. The van der Waals surface area contributed by atoms with Crippen molar-refractivity contribution < 1.29 is 27.5 Å². The molecule has 1 amide bonds. The fraction of sp³-hybridized carbons (Fsp3) is 0.440. The molecule has 0 aliphatic carbocycles. The first-order chi connectivity index (χ1) is 17.3. The number of carbonyl (C=O) groups is 2. The van der Waals surface area contributed by atoms with Crippen molar-refractivity contribution in [2.45, 2.75) is 30.7 Å². The van der Waals surface area contributed by atoms with Crippen LogP contribution >= 0.6 is 11.6 Å². The van der Waals surface area contributed by atoms with Crippen molar-refractivity contribution in [3.8, 4) is 0 Å². The van der Waals surface area contributed by atoms with Gasteiger partial charge in [0.15, 0.2) is 0 Å². The molecule has 2 aliphatic heterocycles. The molecule has 0 N–H and O–H groups in total. The van der Waals surface area contributed by atoms with E-state index in [0.29, 0.717) is 56.3 Å². The minimum absolute atomic E-state index is 0.0664. The van der Waals surface area contributed by atoms with Crippen LogP contribution in [-0.4, -0.2) is 82.3 Å². The van der Waals surface area contributed by atoms with E-state index in [4.69, 9.17) is 21.1 Å². The second-order valence-electron chi connectivity index (χ2n) is 8.72. The molecule has 2 heterocycles. The summed E-state index contributed by atoms with van der Waals surface area (Å²) in [7, 11) is -3.92. The number of amides is 1. The maximum Gasteiger partial charge on any atom is 0.409 e. The summed E-state index contributed by atoms with van der Waals surface area (Å²) in [5, 5.41) is 0.445. The van der Waals surface area contributed by atoms with Gasteiger partial charge in [-0.05, 0) is 55.7 Å². The average molecular weight is 536 g/mol. The molecule has 1 unspecified atom stereocenters. The first-order valence-electron chi connectivity index (χ1n) is 12.0. The Hall–Kier alpha value is -2.82. The maximum atomic E-state index is 13.7. The van der Waals surface area contributed by atoms with Crippen LogP contribution < -0.4 is 4.31 Å². The Labute approximate surface area is 216 Å². The molecular weight excluding hydrogens is 506 g/mol. The zero-order valence-corrected chi connectivity index (χ0v) is 21.7. The number of anilines is 1. The van der Waals surface area contributed by atoms with Gasteiger partial charge in [-0.25, -0.2) is 13.2 Å². The molecule has 194 valence electrons. The average Bonchev–Trinajstić information content (AvgIpc) is 2.87. The Balaban J connectivity index is 1.43. The monoisotopic (exact) mass is 535 g/mol. The van der Waals surface area contributed by atoms with Gasteiger partial charge in [0.1, 0.15) is 6.61 Å².